The fourth-order valence-corrected chi connectivity index (χ4v) is 0.931. The van der Waals surface area contributed by atoms with Crippen LogP contribution in [0, 0.1) is 18.3 Å². The molecule has 0 bridgehead atoms. The van der Waals surface area contributed by atoms with Gasteiger partial charge in [-0.05, 0) is 27.2 Å². The Hall–Kier alpha value is -0.480. The summed E-state index contributed by atoms with van der Waals surface area (Å²) in [6.07, 6.45) is 6.60. The topological polar surface area (TPSA) is 9.23 Å². The lowest BCUT2D eigenvalue weighted by Crippen LogP contribution is -2.20. The van der Waals surface area contributed by atoms with Gasteiger partial charge in [0.05, 0.1) is 11.7 Å². The maximum absolute atomic E-state index is 5.61. The lowest BCUT2D eigenvalue weighted by Gasteiger charge is -2.18. The van der Waals surface area contributed by atoms with Crippen molar-refractivity contribution < 1.29 is 4.74 Å². The van der Waals surface area contributed by atoms with Gasteiger partial charge in [-0.25, -0.2) is 0 Å². The van der Waals surface area contributed by atoms with Gasteiger partial charge in [-0.2, -0.15) is 0 Å². The average molecular weight is 138 g/mol. The van der Waals surface area contributed by atoms with E-state index in [2.05, 4.69) is 26.7 Å². The zero-order valence-corrected chi connectivity index (χ0v) is 6.85. The number of ether oxygens (including phenoxy) is 1. The molecular formula is C9H14O. The molecule has 10 heavy (non-hydrogen) atoms. The van der Waals surface area contributed by atoms with Gasteiger partial charge in [-0.1, -0.05) is 0 Å². The van der Waals surface area contributed by atoms with Crippen LogP contribution in [0.4, 0.5) is 0 Å². The van der Waals surface area contributed by atoms with E-state index >= 15 is 0 Å². The van der Waals surface area contributed by atoms with Crippen LogP contribution in [-0.4, -0.2) is 11.7 Å². The van der Waals surface area contributed by atoms with Crippen LogP contribution in [0.3, 0.4) is 0 Å². The Bertz CT molecular complexity index is 159. The zero-order valence-electron chi connectivity index (χ0n) is 6.85. The summed E-state index contributed by atoms with van der Waals surface area (Å²) in [5.41, 5.74) is -0.0315. The van der Waals surface area contributed by atoms with Crippen LogP contribution < -0.4 is 0 Å². The van der Waals surface area contributed by atoms with Gasteiger partial charge in [-0.3, -0.25) is 0 Å². The lowest BCUT2D eigenvalue weighted by atomic mass is 10.2. The van der Waals surface area contributed by atoms with E-state index < -0.39 is 0 Å². The fourth-order valence-electron chi connectivity index (χ4n) is 0.931. The summed E-state index contributed by atoms with van der Waals surface area (Å²) in [5, 5.41) is 0. The van der Waals surface area contributed by atoms with Gasteiger partial charge in [0.2, 0.25) is 0 Å². The minimum Gasteiger partial charge on any atom is -0.371 e. The molecule has 0 aromatic carbocycles. The number of hydrogen-bond donors (Lipinski definition) is 0. The molecule has 0 radical (unpaired) electrons. The fraction of sp³-hybridized carbons (Fsp3) is 0.778. The number of rotatable bonds is 1. The molecule has 1 rings (SSSR count). The van der Waals surface area contributed by atoms with Crippen LogP contribution in [0.15, 0.2) is 0 Å². The van der Waals surface area contributed by atoms with E-state index in [4.69, 9.17) is 11.2 Å². The van der Waals surface area contributed by atoms with Crippen LogP contribution in [0.1, 0.15) is 27.2 Å². The molecule has 0 aromatic heterocycles. The van der Waals surface area contributed by atoms with Crippen molar-refractivity contribution in [2.75, 3.05) is 0 Å². The first-order valence-electron chi connectivity index (χ1n) is 3.67. The number of hydrogen-bond acceptors (Lipinski definition) is 1. The lowest BCUT2D eigenvalue weighted by molar-refractivity contribution is -0.0187. The molecule has 0 aromatic rings. The highest BCUT2D eigenvalue weighted by molar-refractivity contribution is 5.09. The van der Waals surface area contributed by atoms with Crippen LogP contribution >= 0.6 is 0 Å². The molecule has 1 nitrogen and oxygen atoms in total. The molecule has 1 saturated carbocycles. The van der Waals surface area contributed by atoms with Crippen molar-refractivity contribution in [3.8, 4) is 12.3 Å². The van der Waals surface area contributed by atoms with E-state index in [1.54, 1.807) is 0 Å². The third-order valence-electron chi connectivity index (χ3n) is 1.45. The Morgan fingerprint density at radius 3 is 2.40 bits per heavy atom. The predicted molar refractivity (Wildman–Crippen MR) is 41.6 cm³/mol. The van der Waals surface area contributed by atoms with Crippen molar-refractivity contribution >= 4 is 0 Å². The maximum atomic E-state index is 5.61. The van der Waals surface area contributed by atoms with Gasteiger partial charge in [0.1, 0.15) is 0 Å². The van der Waals surface area contributed by atoms with Crippen LogP contribution in [0.5, 0.6) is 0 Å². The summed E-state index contributed by atoms with van der Waals surface area (Å²) in [4.78, 5) is 0. The van der Waals surface area contributed by atoms with Gasteiger partial charge in [0, 0.05) is 5.92 Å². The van der Waals surface area contributed by atoms with Gasteiger partial charge < -0.3 is 4.74 Å². The second-order valence-corrected chi connectivity index (χ2v) is 3.78. The van der Waals surface area contributed by atoms with Crippen molar-refractivity contribution in [1.29, 1.82) is 0 Å². The van der Waals surface area contributed by atoms with Crippen molar-refractivity contribution in [3.05, 3.63) is 0 Å². The molecule has 56 valence electrons. The molecule has 1 fully saturated rings. The second kappa shape index (κ2) is 2.29. The van der Waals surface area contributed by atoms with Gasteiger partial charge in [0.15, 0.2) is 0 Å². The minimum absolute atomic E-state index is 0.0315. The quantitative estimate of drug-likeness (QED) is 0.502. The van der Waals surface area contributed by atoms with E-state index in [9.17, 15) is 0 Å². The first-order chi connectivity index (χ1) is 4.53. The highest BCUT2D eigenvalue weighted by atomic mass is 16.5. The van der Waals surface area contributed by atoms with Crippen molar-refractivity contribution in [3.63, 3.8) is 0 Å². The first-order valence-corrected chi connectivity index (χ1v) is 3.67. The van der Waals surface area contributed by atoms with E-state index in [-0.39, 0.29) is 5.60 Å². The first kappa shape index (κ1) is 7.63. The van der Waals surface area contributed by atoms with Crippen molar-refractivity contribution in [1.82, 2.24) is 0 Å². The molecule has 1 heteroatoms. The summed E-state index contributed by atoms with van der Waals surface area (Å²) in [6.45, 7) is 6.16. The van der Waals surface area contributed by atoms with E-state index in [0.29, 0.717) is 12.0 Å². The van der Waals surface area contributed by atoms with Crippen molar-refractivity contribution in [2.45, 2.75) is 38.9 Å². The molecule has 1 aliphatic rings. The Balaban J connectivity index is 2.26. The molecule has 0 spiro atoms. The molecule has 0 N–H and O–H groups in total. The molecule has 2 atom stereocenters. The zero-order chi connectivity index (χ0) is 7.78. The Labute approximate surface area is 62.8 Å². The summed E-state index contributed by atoms with van der Waals surface area (Å²) in [5.74, 6) is 3.07. The van der Waals surface area contributed by atoms with E-state index in [1.807, 2.05) is 0 Å². The summed E-state index contributed by atoms with van der Waals surface area (Å²) in [6, 6.07) is 0. The standard InChI is InChI=1S/C9H14O/c1-5-7-6-8(7)10-9(2,3)4/h1,7-8H,6H2,2-4H3/t7-,8+/m1/s1. The average Bonchev–Trinajstić information content (AvgIpc) is 2.42. The summed E-state index contributed by atoms with van der Waals surface area (Å²) >= 11 is 0. The molecule has 0 amide bonds. The molecular weight excluding hydrogens is 124 g/mol. The maximum Gasteiger partial charge on any atom is 0.0733 e. The Morgan fingerprint density at radius 2 is 2.10 bits per heavy atom. The highest BCUT2D eigenvalue weighted by Crippen LogP contribution is 2.35. The SMILES string of the molecule is C#C[C@@H]1C[C@@H]1OC(C)(C)C. The third-order valence-corrected chi connectivity index (χ3v) is 1.45. The Morgan fingerprint density at radius 1 is 1.50 bits per heavy atom. The summed E-state index contributed by atoms with van der Waals surface area (Å²) in [7, 11) is 0. The molecule has 0 heterocycles. The summed E-state index contributed by atoms with van der Waals surface area (Å²) < 4.78 is 5.61. The highest BCUT2D eigenvalue weighted by Gasteiger charge is 2.39. The van der Waals surface area contributed by atoms with E-state index in [1.165, 1.54) is 0 Å². The monoisotopic (exact) mass is 138 g/mol. The predicted octanol–water partition coefficient (Wildman–Crippen LogP) is 1.82. The molecule has 0 unspecified atom stereocenters. The minimum atomic E-state index is -0.0315. The smallest absolute Gasteiger partial charge is 0.0733 e. The van der Waals surface area contributed by atoms with E-state index in [0.717, 1.165) is 6.42 Å². The normalized spacial score (nSPS) is 31.4. The van der Waals surface area contributed by atoms with Crippen molar-refractivity contribution in [2.24, 2.45) is 5.92 Å². The largest absolute Gasteiger partial charge is 0.371 e. The molecule has 0 aliphatic heterocycles. The van der Waals surface area contributed by atoms with Crippen LogP contribution in [-0.2, 0) is 4.74 Å². The third kappa shape index (κ3) is 2.04. The van der Waals surface area contributed by atoms with Crippen LogP contribution in [0.2, 0.25) is 0 Å². The Kier molecular flexibility index (Phi) is 1.74. The van der Waals surface area contributed by atoms with Gasteiger partial charge >= 0.3 is 0 Å². The van der Waals surface area contributed by atoms with Crippen LogP contribution in [0.25, 0.3) is 0 Å². The van der Waals surface area contributed by atoms with Gasteiger partial charge in [-0.15, -0.1) is 12.3 Å². The second-order valence-electron chi connectivity index (χ2n) is 3.78. The molecule has 0 saturated heterocycles. The van der Waals surface area contributed by atoms with Gasteiger partial charge in [0.25, 0.3) is 0 Å². The number of terminal acetylenes is 1. The molecule has 1 aliphatic carbocycles.